The number of rotatable bonds is 2. The molecule has 4 nitrogen and oxygen atoms in total. The third-order valence-electron chi connectivity index (χ3n) is 4.84. The summed E-state index contributed by atoms with van der Waals surface area (Å²) in [6, 6.07) is 4.14. The molecule has 0 saturated carbocycles. The molecule has 0 spiro atoms. The predicted octanol–water partition coefficient (Wildman–Crippen LogP) is 4.94. The fourth-order valence-electron chi connectivity index (χ4n) is 3.63. The van der Waals surface area contributed by atoms with E-state index in [1.165, 1.54) is 10.4 Å². The summed E-state index contributed by atoms with van der Waals surface area (Å²) >= 11 is 6.33. The summed E-state index contributed by atoms with van der Waals surface area (Å²) in [5, 5.41) is 7.68. The van der Waals surface area contributed by atoms with E-state index in [4.69, 9.17) is 4.74 Å². The maximum Gasteiger partial charge on any atom is 0.256 e. The van der Waals surface area contributed by atoms with Gasteiger partial charge in [0.1, 0.15) is 16.9 Å². The van der Waals surface area contributed by atoms with Crippen LogP contribution in [0.3, 0.4) is 0 Å². The molecule has 1 aromatic carbocycles. The number of carbonyl (C=O) groups is 1. The molecular formula is C18H18I2N2O2S. The minimum atomic E-state index is -0.268. The van der Waals surface area contributed by atoms with Crippen molar-refractivity contribution in [3.63, 3.8) is 0 Å². The van der Waals surface area contributed by atoms with Gasteiger partial charge in [-0.2, -0.15) is 0 Å². The summed E-state index contributed by atoms with van der Waals surface area (Å²) in [5.41, 5.74) is 3.09. The van der Waals surface area contributed by atoms with Crippen molar-refractivity contribution in [1.82, 2.24) is 5.32 Å². The van der Waals surface area contributed by atoms with Gasteiger partial charge in [-0.15, -0.1) is 11.3 Å². The van der Waals surface area contributed by atoms with Crippen molar-refractivity contribution in [1.29, 1.82) is 0 Å². The number of benzene rings is 1. The van der Waals surface area contributed by atoms with E-state index in [2.05, 4.69) is 74.9 Å². The molecule has 4 rings (SSSR count). The topological polar surface area (TPSA) is 50.4 Å². The molecule has 1 amide bonds. The average Bonchev–Trinajstić information content (AvgIpc) is 2.91. The molecular weight excluding hydrogens is 562 g/mol. The van der Waals surface area contributed by atoms with Crippen LogP contribution in [0, 0.1) is 13.1 Å². The standard InChI is InChI=1S/C18H18I2N2O2S/c1-8-3-4-10-13(5-8)25-18-14(10)17(23)21-16(22-18)11-6-9(19)7-12(20)15(11)24-2/h6-8,16,22H,3-5H2,1-2H3,(H,21,23). The number of halogens is 2. The Balaban J connectivity index is 1.75. The van der Waals surface area contributed by atoms with Crippen molar-refractivity contribution in [3.05, 3.63) is 40.8 Å². The Hall–Kier alpha value is -0.550. The number of thiophene rings is 1. The Morgan fingerprint density at radius 1 is 1.28 bits per heavy atom. The molecule has 2 atom stereocenters. The van der Waals surface area contributed by atoms with Crippen LogP contribution in [0.4, 0.5) is 5.00 Å². The molecule has 0 saturated heterocycles. The first-order valence-corrected chi connectivity index (χ1v) is 11.2. The van der Waals surface area contributed by atoms with Gasteiger partial charge in [0, 0.05) is 14.0 Å². The minimum absolute atomic E-state index is 0.0294. The quantitative estimate of drug-likeness (QED) is 0.495. The highest BCUT2D eigenvalue weighted by atomic mass is 127. The number of fused-ring (bicyclic) bond motifs is 3. The van der Waals surface area contributed by atoms with Crippen LogP contribution < -0.4 is 15.4 Å². The van der Waals surface area contributed by atoms with E-state index in [1.54, 1.807) is 18.4 Å². The minimum Gasteiger partial charge on any atom is -0.495 e. The van der Waals surface area contributed by atoms with Crippen LogP contribution >= 0.6 is 56.5 Å². The molecule has 2 aliphatic rings. The lowest BCUT2D eigenvalue weighted by Crippen LogP contribution is -2.38. The second-order valence-electron chi connectivity index (χ2n) is 6.62. The predicted molar refractivity (Wildman–Crippen MR) is 118 cm³/mol. The van der Waals surface area contributed by atoms with Gasteiger partial charge in [0.15, 0.2) is 0 Å². The second kappa shape index (κ2) is 6.88. The number of anilines is 1. The molecule has 1 aromatic heterocycles. The summed E-state index contributed by atoms with van der Waals surface area (Å²) in [6.45, 7) is 2.29. The average molecular weight is 580 g/mol. The van der Waals surface area contributed by atoms with Crippen LogP contribution in [-0.2, 0) is 12.8 Å². The summed E-state index contributed by atoms with van der Waals surface area (Å²) in [7, 11) is 1.68. The Morgan fingerprint density at radius 3 is 2.84 bits per heavy atom. The number of ether oxygens (including phenoxy) is 1. The van der Waals surface area contributed by atoms with E-state index < -0.39 is 0 Å². The number of methoxy groups -OCH3 is 1. The molecule has 1 aliphatic carbocycles. The maximum absolute atomic E-state index is 12.9. The van der Waals surface area contributed by atoms with Crippen LogP contribution in [-0.4, -0.2) is 13.0 Å². The fourth-order valence-corrected chi connectivity index (χ4v) is 7.17. The summed E-state index contributed by atoms with van der Waals surface area (Å²) in [6.07, 6.45) is 2.98. The lowest BCUT2D eigenvalue weighted by Gasteiger charge is -2.28. The van der Waals surface area contributed by atoms with Crippen LogP contribution in [0.15, 0.2) is 12.1 Å². The first kappa shape index (κ1) is 17.8. The first-order valence-electron chi connectivity index (χ1n) is 8.22. The van der Waals surface area contributed by atoms with Crippen LogP contribution in [0.25, 0.3) is 0 Å². The molecule has 0 radical (unpaired) electrons. The van der Waals surface area contributed by atoms with E-state index in [-0.39, 0.29) is 12.1 Å². The summed E-state index contributed by atoms with van der Waals surface area (Å²) in [5.74, 6) is 1.54. The van der Waals surface area contributed by atoms with E-state index in [9.17, 15) is 4.79 Å². The fraction of sp³-hybridized carbons (Fsp3) is 0.389. The molecule has 2 aromatic rings. The van der Waals surface area contributed by atoms with Gasteiger partial charge in [-0.05, 0) is 88.1 Å². The van der Waals surface area contributed by atoms with Crippen molar-refractivity contribution in [2.75, 3.05) is 12.4 Å². The van der Waals surface area contributed by atoms with Gasteiger partial charge in [0.25, 0.3) is 5.91 Å². The number of amides is 1. The molecule has 25 heavy (non-hydrogen) atoms. The Bertz CT molecular complexity index is 865. The summed E-state index contributed by atoms with van der Waals surface area (Å²) in [4.78, 5) is 14.2. The number of nitrogens with one attached hydrogen (secondary N) is 2. The highest BCUT2D eigenvalue weighted by Crippen LogP contribution is 2.43. The molecule has 7 heteroatoms. The van der Waals surface area contributed by atoms with Crippen molar-refractivity contribution in [3.8, 4) is 5.75 Å². The molecule has 1 aliphatic heterocycles. The van der Waals surface area contributed by atoms with E-state index >= 15 is 0 Å². The zero-order chi connectivity index (χ0) is 17.7. The Labute approximate surface area is 178 Å². The number of carbonyl (C=O) groups excluding carboxylic acids is 1. The molecule has 0 bridgehead atoms. The highest BCUT2D eigenvalue weighted by molar-refractivity contribution is 14.1. The van der Waals surface area contributed by atoms with Crippen molar-refractivity contribution in [2.45, 2.75) is 32.4 Å². The summed E-state index contributed by atoms with van der Waals surface area (Å²) < 4.78 is 7.77. The van der Waals surface area contributed by atoms with Gasteiger partial charge < -0.3 is 15.4 Å². The Morgan fingerprint density at radius 2 is 2.08 bits per heavy atom. The van der Waals surface area contributed by atoms with Crippen LogP contribution in [0.1, 0.15) is 45.9 Å². The first-order chi connectivity index (χ1) is 12.0. The second-order valence-corrected chi connectivity index (χ2v) is 10.1. The highest BCUT2D eigenvalue weighted by Gasteiger charge is 2.34. The Kier molecular flexibility index (Phi) is 4.91. The largest absolute Gasteiger partial charge is 0.495 e. The smallest absolute Gasteiger partial charge is 0.256 e. The third kappa shape index (κ3) is 3.16. The van der Waals surface area contributed by atoms with Crippen molar-refractivity contribution >= 4 is 67.4 Å². The lowest BCUT2D eigenvalue weighted by atomic mass is 9.88. The lowest BCUT2D eigenvalue weighted by molar-refractivity contribution is 0.0934. The van der Waals surface area contributed by atoms with Gasteiger partial charge in [-0.1, -0.05) is 6.92 Å². The van der Waals surface area contributed by atoms with Gasteiger partial charge in [0.05, 0.1) is 16.2 Å². The van der Waals surface area contributed by atoms with E-state index in [0.717, 1.165) is 48.3 Å². The zero-order valence-electron chi connectivity index (χ0n) is 13.9. The van der Waals surface area contributed by atoms with E-state index in [1.807, 2.05) is 0 Å². The normalized spacial score (nSPS) is 21.8. The number of hydrogen-bond acceptors (Lipinski definition) is 4. The van der Waals surface area contributed by atoms with Crippen LogP contribution in [0.5, 0.6) is 5.75 Å². The molecule has 0 fully saturated rings. The van der Waals surface area contributed by atoms with Crippen LogP contribution in [0.2, 0.25) is 0 Å². The van der Waals surface area contributed by atoms with Crippen molar-refractivity contribution in [2.24, 2.45) is 5.92 Å². The SMILES string of the molecule is COc1c(I)cc(I)cc1C1NC(=O)c2c(sc3c2CCC(C)C3)N1. The zero-order valence-corrected chi connectivity index (χ0v) is 19.0. The molecule has 2 heterocycles. The van der Waals surface area contributed by atoms with Gasteiger partial charge in [0.2, 0.25) is 0 Å². The van der Waals surface area contributed by atoms with Crippen molar-refractivity contribution < 1.29 is 9.53 Å². The maximum atomic E-state index is 12.9. The monoisotopic (exact) mass is 580 g/mol. The number of hydrogen-bond donors (Lipinski definition) is 2. The molecule has 2 unspecified atom stereocenters. The van der Waals surface area contributed by atoms with Gasteiger partial charge in [-0.25, -0.2) is 0 Å². The molecule has 132 valence electrons. The van der Waals surface area contributed by atoms with E-state index in [0.29, 0.717) is 5.92 Å². The molecule has 2 N–H and O–H groups in total. The van der Waals surface area contributed by atoms with Gasteiger partial charge >= 0.3 is 0 Å². The van der Waals surface area contributed by atoms with Gasteiger partial charge in [-0.3, -0.25) is 4.79 Å². The third-order valence-corrected chi connectivity index (χ3v) is 7.45.